The highest BCUT2D eigenvalue weighted by Gasteiger charge is 2.57. The number of methoxy groups -OCH3 is 2. The van der Waals surface area contributed by atoms with Gasteiger partial charge in [0.1, 0.15) is 13.2 Å². The zero-order chi connectivity index (χ0) is 32.1. The maximum atomic E-state index is 16.3. The third kappa shape index (κ3) is 5.68. The summed E-state index contributed by atoms with van der Waals surface area (Å²) < 4.78 is 44.6. The standard InChI is InChI=1S/C39H38O5P2/c1-43-34-28-35(45(41,30-20-10-4-11-21-30)31-22-12-5-13-23-31)36(38(34)44-2)39(37(40)29-18-8-3-9-19-29)46(42,32-24-14-6-15-25-32)33-26-16-7-17-27-33/h3-28,34,36-40H,1-2H3/t34-,36-,37?,38+,39?/m0/s1. The average Bonchev–Trinajstić information content (AvgIpc) is 3.51. The number of hydrogen-bond donors (Lipinski definition) is 1. The number of rotatable bonds is 11. The Morgan fingerprint density at radius 2 is 0.957 bits per heavy atom. The Morgan fingerprint density at radius 1 is 0.565 bits per heavy atom. The molecule has 0 saturated heterocycles. The van der Waals surface area contributed by atoms with Crippen LogP contribution >= 0.6 is 14.3 Å². The van der Waals surface area contributed by atoms with Crippen molar-refractivity contribution < 1.29 is 23.7 Å². The van der Waals surface area contributed by atoms with Gasteiger partial charge in [-0.05, 0) is 11.6 Å². The van der Waals surface area contributed by atoms with Crippen molar-refractivity contribution in [1.82, 2.24) is 0 Å². The molecule has 7 heteroatoms. The molecule has 0 saturated carbocycles. The van der Waals surface area contributed by atoms with E-state index in [9.17, 15) is 5.11 Å². The molecule has 5 aromatic carbocycles. The normalized spacial score (nSPS) is 19.7. The van der Waals surface area contributed by atoms with Gasteiger partial charge in [0.2, 0.25) is 0 Å². The molecule has 0 amide bonds. The summed E-state index contributed by atoms with van der Waals surface area (Å²) in [6, 6.07) is 46.8. The summed E-state index contributed by atoms with van der Waals surface area (Å²) in [6.45, 7) is 0. The third-order valence-electron chi connectivity index (χ3n) is 9.03. The highest BCUT2D eigenvalue weighted by molar-refractivity contribution is 7.82. The van der Waals surface area contributed by atoms with Gasteiger partial charge in [-0.1, -0.05) is 152 Å². The van der Waals surface area contributed by atoms with E-state index in [-0.39, 0.29) is 0 Å². The van der Waals surface area contributed by atoms with E-state index >= 15 is 9.13 Å². The maximum absolute atomic E-state index is 16.3. The first kappa shape index (κ1) is 32.1. The lowest BCUT2D eigenvalue weighted by atomic mass is 9.93. The van der Waals surface area contributed by atoms with Gasteiger partial charge in [-0.2, -0.15) is 0 Å². The number of ether oxygens (including phenoxy) is 2. The molecule has 0 heterocycles. The molecule has 2 unspecified atom stereocenters. The van der Waals surface area contributed by atoms with Gasteiger partial charge >= 0.3 is 0 Å². The van der Waals surface area contributed by atoms with Crippen LogP contribution in [0.4, 0.5) is 0 Å². The summed E-state index contributed by atoms with van der Waals surface area (Å²) >= 11 is 0. The summed E-state index contributed by atoms with van der Waals surface area (Å²) in [6.07, 6.45) is -0.611. The fourth-order valence-electron chi connectivity index (χ4n) is 6.90. The monoisotopic (exact) mass is 648 g/mol. The minimum Gasteiger partial charge on any atom is -0.388 e. The van der Waals surface area contributed by atoms with Crippen LogP contribution in [-0.4, -0.2) is 37.2 Å². The lowest BCUT2D eigenvalue weighted by Crippen LogP contribution is -2.44. The van der Waals surface area contributed by atoms with Crippen molar-refractivity contribution in [1.29, 1.82) is 0 Å². The first-order valence-corrected chi connectivity index (χ1v) is 18.9. The number of aliphatic hydroxyl groups excluding tert-OH is 1. The molecule has 234 valence electrons. The van der Waals surface area contributed by atoms with E-state index in [1.165, 1.54) is 0 Å². The van der Waals surface area contributed by atoms with Crippen LogP contribution in [0.25, 0.3) is 0 Å². The van der Waals surface area contributed by atoms with E-state index in [1.54, 1.807) is 14.2 Å². The van der Waals surface area contributed by atoms with Crippen molar-refractivity contribution in [3.63, 3.8) is 0 Å². The van der Waals surface area contributed by atoms with Gasteiger partial charge in [-0.15, -0.1) is 0 Å². The summed E-state index contributed by atoms with van der Waals surface area (Å²) in [5, 5.41) is 15.7. The average molecular weight is 649 g/mol. The highest BCUT2D eigenvalue weighted by atomic mass is 31.2. The zero-order valence-electron chi connectivity index (χ0n) is 25.9. The SMILES string of the molecule is CO[C@@H]1[C@@H](OC)C=C(P(=O)(c2ccccc2)c2ccccc2)[C@@H]1C(C(O)c1ccccc1)P(=O)(c1ccccc1)c1ccccc1. The zero-order valence-corrected chi connectivity index (χ0v) is 27.7. The molecule has 1 N–H and O–H groups in total. The quantitative estimate of drug-likeness (QED) is 0.162. The van der Waals surface area contributed by atoms with Crippen molar-refractivity contribution in [2.24, 2.45) is 5.92 Å². The lowest BCUT2D eigenvalue weighted by molar-refractivity contribution is -0.0310. The van der Waals surface area contributed by atoms with Crippen LogP contribution in [-0.2, 0) is 18.6 Å². The number of hydrogen-bond acceptors (Lipinski definition) is 5. The highest BCUT2D eigenvalue weighted by Crippen LogP contribution is 2.66. The largest absolute Gasteiger partial charge is 0.388 e. The summed E-state index contributed by atoms with van der Waals surface area (Å²) in [4.78, 5) is 0. The second kappa shape index (κ2) is 13.9. The van der Waals surface area contributed by atoms with Crippen molar-refractivity contribution >= 4 is 35.5 Å². The molecule has 0 aliphatic heterocycles. The van der Waals surface area contributed by atoms with E-state index in [2.05, 4.69) is 0 Å². The maximum Gasteiger partial charge on any atom is 0.167 e. The molecule has 5 atom stereocenters. The van der Waals surface area contributed by atoms with Gasteiger partial charge < -0.3 is 23.7 Å². The molecular formula is C39H38O5P2. The van der Waals surface area contributed by atoms with E-state index in [0.29, 0.717) is 32.1 Å². The van der Waals surface area contributed by atoms with Crippen LogP contribution in [0.3, 0.4) is 0 Å². The lowest BCUT2D eigenvalue weighted by Gasteiger charge is -2.41. The molecule has 46 heavy (non-hydrogen) atoms. The van der Waals surface area contributed by atoms with Gasteiger partial charge in [0.25, 0.3) is 0 Å². The third-order valence-corrected chi connectivity index (χ3v) is 15.8. The van der Waals surface area contributed by atoms with E-state index in [4.69, 9.17) is 9.47 Å². The number of benzene rings is 5. The molecule has 0 aromatic heterocycles. The van der Waals surface area contributed by atoms with Crippen LogP contribution in [0.5, 0.6) is 0 Å². The van der Waals surface area contributed by atoms with Crippen molar-refractivity contribution in [2.75, 3.05) is 14.2 Å². The Bertz CT molecular complexity index is 1760. The van der Waals surface area contributed by atoms with E-state index in [0.717, 1.165) is 0 Å². The van der Waals surface area contributed by atoms with Crippen LogP contribution in [0.1, 0.15) is 11.7 Å². The molecule has 0 bridgehead atoms. The Hall–Kier alpha value is -3.82. The molecule has 1 aliphatic rings. The second-order valence-electron chi connectivity index (χ2n) is 11.5. The minimum atomic E-state index is -3.73. The van der Waals surface area contributed by atoms with Crippen molar-refractivity contribution in [2.45, 2.75) is 24.0 Å². The van der Waals surface area contributed by atoms with Gasteiger partial charge in [0, 0.05) is 46.7 Å². The Morgan fingerprint density at radius 3 is 1.35 bits per heavy atom. The minimum absolute atomic E-state index is 0.565. The molecule has 0 fully saturated rings. The fourth-order valence-corrected chi connectivity index (χ4v) is 13.7. The molecular weight excluding hydrogens is 610 g/mol. The van der Waals surface area contributed by atoms with Crippen LogP contribution in [0.2, 0.25) is 0 Å². The number of aliphatic hydroxyl groups is 1. The molecule has 5 nitrogen and oxygen atoms in total. The van der Waals surface area contributed by atoms with Gasteiger partial charge in [0.05, 0.1) is 17.9 Å². The fraction of sp³-hybridized carbons (Fsp3) is 0.179. The first-order chi connectivity index (χ1) is 22.4. The summed E-state index contributed by atoms with van der Waals surface area (Å²) in [5.41, 5.74) is -0.360. The predicted molar refractivity (Wildman–Crippen MR) is 188 cm³/mol. The van der Waals surface area contributed by atoms with Gasteiger partial charge in [-0.25, -0.2) is 0 Å². The molecule has 6 rings (SSSR count). The van der Waals surface area contributed by atoms with E-state index < -0.39 is 44.2 Å². The Balaban J connectivity index is 1.70. The molecule has 5 aromatic rings. The molecule has 0 radical (unpaired) electrons. The predicted octanol–water partition coefficient (Wildman–Crippen LogP) is 6.66. The summed E-state index contributed by atoms with van der Waals surface area (Å²) in [5.74, 6) is -0.775. The topological polar surface area (TPSA) is 72.8 Å². The van der Waals surface area contributed by atoms with Crippen LogP contribution < -0.4 is 21.2 Å². The second-order valence-corrected chi connectivity index (χ2v) is 17.2. The summed E-state index contributed by atoms with van der Waals surface area (Å²) in [7, 11) is -4.14. The van der Waals surface area contributed by atoms with Crippen LogP contribution in [0, 0.1) is 5.92 Å². The molecule has 1 aliphatic carbocycles. The Labute approximate surface area is 271 Å². The first-order valence-electron chi connectivity index (χ1n) is 15.4. The van der Waals surface area contributed by atoms with E-state index in [1.807, 2.05) is 158 Å². The van der Waals surface area contributed by atoms with Gasteiger partial charge in [0.15, 0.2) is 7.14 Å². The Kier molecular flexibility index (Phi) is 9.70. The van der Waals surface area contributed by atoms with Crippen molar-refractivity contribution in [3.8, 4) is 0 Å². The van der Waals surface area contributed by atoms with Crippen LogP contribution in [0.15, 0.2) is 163 Å². The van der Waals surface area contributed by atoms with Crippen molar-refractivity contribution in [3.05, 3.63) is 169 Å². The van der Waals surface area contributed by atoms with Gasteiger partial charge in [-0.3, -0.25) is 0 Å². The molecule has 0 spiro atoms. The smallest absolute Gasteiger partial charge is 0.167 e.